The third-order valence-electron chi connectivity index (χ3n) is 6.63. The van der Waals surface area contributed by atoms with E-state index in [1.165, 1.54) is 0 Å². The second kappa shape index (κ2) is 9.00. The summed E-state index contributed by atoms with van der Waals surface area (Å²) in [6.45, 7) is 7.37. The maximum absolute atomic E-state index is 13.2. The summed E-state index contributed by atoms with van der Waals surface area (Å²) in [7, 11) is -3.82. The molecule has 0 fully saturated rings. The van der Waals surface area contributed by atoms with Crippen LogP contribution in [-0.4, -0.2) is 29.8 Å². The first-order chi connectivity index (χ1) is 16.4. The van der Waals surface area contributed by atoms with E-state index in [4.69, 9.17) is 0 Å². The van der Waals surface area contributed by atoms with E-state index in [0.29, 0.717) is 41.6 Å². The fourth-order valence-corrected chi connectivity index (χ4v) is 6.34. The Bertz CT molecular complexity index is 1430. The maximum Gasteiger partial charge on any atom is 0.323 e. The van der Waals surface area contributed by atoms with Gasteiger partial charge in [-0.2, -0.15) is 0 Å². The van der Waals surface area contributed by atoms with Gasteiger partial charge in [-0.1, -0.05) is 50.2 Å². The van der Waals surface area contributed by atoms with Gasteiger partial charge < -0.3 is 9.67 Å². The third-order valence-corrected chi connectivity index (χ3v) is 8.15. The van der Waals surface area contributed by atoms with E-state index in [0.717, 1.165) is 17.0 Å². The van der Waals surface area contributed by atoms with Crippen molar-refractivity contribution in [2.45, 2.75) is 58.4 Å². The number of carboxylic acid groups (broad SMARTS) is 1. The lowest BCUT2D eigenvalue weighted by Crippen LogP contribution is -2.29. The monoisotopic (exact) mass is 494 g/mol. The Kier molecular flexibility index (Phi) is 6.36. The molecule has 0 atom stereocenters. The number of sulfonamides is 1. The average molecular weight is 495 g/mol. The van der Waals surface area contributed by atoms with E-state index < -0.39 is 16.0 Å². The van der Waals surface area contributed by atoms with Crippen LogP contribution in [0.25, 0.3) is 0 Å². The van der Waals surface area contributed by atoms with Crippen LogP contribution < -0.4 is 4.72 Å². The molecule has 0 amide bonds. The number of benzene rings is 2. The van der Waals surface area contributed by atoms with E-state index in [9.17, 15) is 23.1 Å². The summed E-state index contributed by atoms with van der Waals surface area (Å²) in [5.41, 5.74) is 4.33. The van der Waals surface area contributed by atoms with Gasteiger partial charge >= 0.3 is 5.97 Å². The number of carboxylic acids is 1. The molecule has 1 aromatic heterocycles. The zero-order chi connectivity index (χ0) is 25.5. The molecule has 4 rings (SSSR count). The number of ketones is 1. The summed E-state index contributed by atoms with van der Waals surface area (Å²) in [5, 5.41) is 9.51. The standard InChI is InChI=1S/C27H30N2O5S/c1-17-9-5-8-12-24(17)35(33,34)28-21-11-7-6-10-19(21)13-20-18(2)29(16-25(31)32)22-14-27(3,4)15-23(30)26(20)22/h5-12,28H,13-16H2,1-4H3,(H,31,32). The van der Waals surface area contributed by atoms with Crippen molar-refractivity contribution in [1.82, 2.24) is 4.57 Å². The number of para-hydroxylation sites is 1. The van der Waals surface area contributed by atoms with E-state index in [1.807, 2.05) is 32.9 Å². The van der Waals surface area contributed by atoms with Crippen LogP contribution in [-0.2, 0) is 34.2 Å². The summed E-state index contributed by atoms with van der Waals surface area (Å²) in [5.74, 6) is -0.976. The van der Waals surface area contributed by atoms with Crippen molar-refractivity contribution in [2.75, 3.05) is 4.72 Å². The van der Waals surface area contributed by atoms with Gasteiger partial charge in [0.05, 0.1) is 10.6 Å². The zero-order valence-electron chi connectivity index (χ0n) is 20.4. The molecule has 0 spiro atoms. The van der Waals surface area contributed by atoms with E-state index in [2.05, 4.69) is 4.72 Å². The van der Waals surface area contributed by atoms with Crippen LogP contribution in [0.1, 0.15) is 58.7 Å². The molecule has 35 heavy (non-hydrogen) atoms. The fraction of sp³-hybridized carbons (Fsp3) is 0.333. The molecule has 184 valence electrons. The van der Waals surface area contributed by atoms with Crippen molar-refractivity contribution in [3.63, 3.8) is 0 Å². The molecule has 0 saturated carbocycles. The van der Waals surface area contributed by atoms with Crippen LogP contribution in [0.5, 0.6) is 0 Å². The van der Waals surface area contributed by atoms with Crippen LogP contribution in [0.4, 0.5) is 5.69 Å². The summed E-state index contributed by atoms with van der Waals surface area (Å²) >= 11 is 0. The highest BCUT2D eigenvalue weighted by atomic mass is 32.2. The second-order valence-electron chi connectivity index (χ2n) is 10.0. The molecule has 0 aliphatic heterocycles. The number of hydrogen-bond donors (Lipinski definition) is 2. The number of nitrogens with one attached hydrogen (secondary N) is 1. The fourth-order valence-electron chi connectivity index (χ4n) is 4.99. The molecule has 0 radical (unpaired) electrons. The minimum atomic E-state index is -3.82. The number of aryl methyl sites for hydroxylation is 1. The van der Waals surface area contributed by atoms with Crippen LogP contribution in [0, 0.1) is 19.3 Å². The molecule has 3 aromatic rings. The Morgan fingerprint density at radius 2 is 1.71 bits per heavy atom. The molecule has 2 N–H and O–H groups in total. The maximum atomic E-state index is 13.2. The van der Waals surface area contributed by atoms with E-state index in [1.54, 1.807) is 47.9 Å². The van der Waals surface area contributed by atoms with E-state index in [-0.39, 0.29) is 22.6 Å². The van der Waals surface area contributed by atoms with Gasteiger partial charge in [-0.05, 0) is 54.5 Å². The van der Waals surface area contributed by atoms with Crippen LogP contribution in [0.2, 0.25) is 0 Å². The first kappa shape index (κ1) is 24.7. The molecule has 1 heterocycles. The molecule has 0 saturated heterocycles. The third kappa shape index (κ3) is 4.89. The summed E-state index contributed by atoms with van der Waals surface area (Å²) in [6.07, 6.45) is 1.29. The van der Waals surface area contributed by atoms with Crippen LogP contribution in [0.3, 0.4) is 0 Å². The highest BCUT2D eigenvalue weighted by Gasteiger charge is 2.37. The molecule has 1 aliphatic carbocycles. The highest BCUT2D eigenvalue weighted by molar-refractivity contribution is 7.92. The number of rotatable bonds is 7. The Balaban J connectivity index is 1.78. The Labute approximate surface area is 205 Å². The lowest BCUT2D eigenvalue weighted by Gasteiger charge is -2.30. The van der Waals surface area contributed by atoms with Crippen molar-refractivity contribution < 1.29 is 23.1 Å². The lowest BCUT2D eigenvalue weighted by molar-refractivity contribution is -0.137. The quantitative estimate of drug-likeness (QED) is 0.494. The average Bonchev–Trinajstić information content (AvgIpc) is 2.99. The number of nitrogens with zero attached hydrogens (tertiary/aromatic N) is 1. The summed E-state index contributed by atoms with van der Waals surface area (Å²) in [6, 6.07) is 13.9. The molecule has 1 aliphatic rings. The molecular formula is C27H30N2O5S. The Hall–Kier alpha value is -3.39. The number of carbonyl (C=O) groups is 2. The molecule has 7 nitrogen and oxygen atoms in total. The number of Topliss-reactive ketones (excluding diaryl/α,β-unsaturated/α-hetero) is 1. The SMILES string of the molecule is Cc1ccccc1S(=O)(=O)Nc1ccccc1Cc1c2c(n(CC(=O)O)c1C)CC(C)(C)CC2=O. The number of aromatic nitrogens is 1. The minimum absolute atomic E-state index is 0.00328. The predicted octanol–water partition coefficient (Wildman–Crippen LogP) is 4.74. The molecule has 0 unspecified atom stereocenters. The summed E-state index contributed by atoms with van der Waals surface area (Å²) < 4.78 is 30.7. The van der Waals surface area contributed by atoms with Crippen molar-refractivity contribution in [2.24, 2.45) is 5.41 Å². The van der Waals surface area contributed by atoms with Crippen molar-refractivity contribution >= 4 is 27.5 Å². The molecule has 2 aromatic carbocycles. The first-order valence-corrected chi connectivity index (χ1v) is 13.0. The van der Waals surface area contributed by atoms with Gasteiger partial charge in [0.25, 0.3) is 10.0 Å². The largest absolute Gasteiger partial charge is 0.480 e. The lowest BCUT2D eigenvalue weighted by atomic mass is 9.75. The molecular weight excluding hydrogens is 464 g/mol. The van der Waals surface area contributed by atoms with Crippen LogP contribution in [0.15, 0.2) is 53.4 Å². The molecule has 0 bridgehead atoms. The van der Waals surface area contributed by atoms with Crippen molar-refractivity contribution in [3.8, 4) is 0 Å². The number of aliphatic carboxylic acids is 1. The van der Waals surface area contributed by atoms with Crippen LogP contribution >= 0.6 is 0 Å². The normalized spacial score (nSPS) is 15.0. The van der Waals surface area contributed by atoms with E-state index >= 15 is 0 Å². The first-order valence-electron chi connectivity index (χ1n) is 11.5. The van der Waals surface area contributed by atoms with Gasteiger partial charge in [-0.15, -0.1) is 0 Å². The van der Waals surface area contributed by atoms with Gasteiger partial charge in [-0.3, -0.25) is 14.3 Å². The number of hydrogen-bond acceptors (Lipinski definition) is 4. The Morgan fingerprint density at radius 3 is 2.40 bits per heavy atom. The number of carbonyl (C=O) groups excluding carboxylic acids is 1. The number of fused-ring (bicyclic) bond motifs is 1. The highest BCUT2D eigenvalue weighted by Crippen LogP contribution is 2.40. The van der Waals surface area contributed by atoms with Crippen molar-refractivity contribution in [3.05, 3.63) is 82.2 Å². The zero-order valence-corrected chi connectivity index (χ0v) is 21.2. The smallest absolute Gasteiger partial charge is 0.323 e. The van der Waals surface area contributed by atoms with Gasteiger partial charge in [0.2, 0.25) is 0 Å². The second-order valence-corrected chi connectivity index (χ2v) is 11.7. The summed E-state index contributed by atoms with van der Waals surface area (Å²) in [4.78, 5) is 25.0. The van der Waals surface area contributed by atoms with Gasteiger partial charge in [-0.25, -0.2) is 8.42 Å². The van der Waals surface area contributed by atoms with Gasteiger partial charge in [0, 0.05) is 29.8 Å². The topological polar surface area (TPSA) is 105 Å². The van der Waals surface area contributed by atoms with Crippen molar-refractivity contribution in [1.29, 1.82) is 0 Å². The Morgan fingerprint density at radius 1 is 1.06 bits per heavy atom. The van der Waals surface area contributed by atoms with Gasteiger partial charge in [0.15, 0.2) is 5.78 Å². The number of anilines is 1. The van der Waals surface area contributed by atoms with Gasteiger partial charge in [0.1, 0.15) is 6.54 Å². The minimum Gasteiger partial charge on any atom is -0.480 e. The molecule has 8 heteroatoms. The predicted molar refractivity (Wildman–Crippen MR) is 134 cm³/mol.